The Bertz CT molecular complexity index is 499. The molecular weight excluding hydrogens is 295 g/mol. The van der Waals surface area contributed by atoms with Crippen molar-refractivity contribution in [1.29, 1.82) is 0 Å². The maximum atomic E-state index is 13.4. The molecule has 0 aliphatic carbocycles. The number of carbonyl (C=O) groups excluding carboxylic acids is 1. The molecule has 0 spiro atoms. The summed E-state index contributed by atoms with van der Waals surface area (Å²) in [5.41, 5.74) is 0.0910. The summed E-state index contributed by atoms with van der Waals surface area (Å²) >= 11 is 5.83. The second-order valence-electron chi connectivity index (χ2n) is 5.47. The molecule has 0 saturated carbocycles. The van der Waals surface area contributed by atoms with E-state index in [0.29, 0.717) is 13.2 Å². The Morgan fingerprint density at radius 2 is 2.19 bits per heavy atom. The van der Waals surface area contributed by atoms with Gasteiger partial charge in [-0.2, -0.15) is 0 Å². The quantitative estimate of drug-likeness (QED) is 0.876. The molecule has 0 aromatic heterocycles. The van der Waals surface area contributed by atoms with Gasteiger partial charge in [0.2, 0.25) is 0 Å². The number of hydrogen-bond donors (Lipinski definition) is 2. The monoisotopic (exact) mass is 314 g/mol. The van der Waals surface area contributed by atoms with Gasteiger partial charge in [0, 0.05) is 19.1 Å². The van der Waals surface area contributed by atoms with Crippen molar-refractivity contribution in [3.8, 4) is 0 Å². The van der Waals surface area contributed by atoms with Crippen molar-refractivity contribution in [3.05, 3.63) is 34.6 Å². The fourth-order valence-electron chi connectivity index (χ4n) is 2.68. The van der Waals surface area contributed by atoms with Crippen molar-refractivity contribution in [2.75, 3.05) is 33.4 Å². The van der Waals surface area contributed by atoms with Gasteiger partial charge in [-0.25, -0.2) is 4.39 Å². The van der Waals surface area contributed by atoms with Gasteiger partial charge >= 0.3 is 0 Å². The van der Waals surface area contributed by atoms with Crippen LogP contribution in [-0.2, 0) is 4.74 Å². The predicted molar refractivity (Wildman–Crippen MR) is 80.2 cm³/mol. The normalized spacial score (nSPS) is 17.5. The van der Waals surface area contributed by atoms with E-state index in [4.69, 9.17) is 16.3 Å². The van der Waals surface area contributed by atoms with Gasteiger partial charge in [-0.1, -0.05) is 17.7 Å². The molecule has 116 valence electrons. The number of rotatable bonds is 5. The van der Waals surface area contributed by atoms with E-state index in [0.717, 1.165) is 25.9 Å². The number of benzene rings is 1. The molecule has 1 aromatic rings. The molecule has 6 heteroatoms. The van der Waals surface area contributed by atoms with Crippen LogP contribution in [0.4, 0.5) is 4.39 Å². The van der Waals surface area contributed by atoms with Crippen LogP contribution in [-0.4, -0.2) is 39.3 Å². The van der Waals surface area contributed by atoms with Gasteiger partial charge in [0.05, 0.1) is 17.2 Å². The standard InChI is InChI=1S/C15H20ClFN2O2/c1-21-10-15(5-7-18-8-6-15)9-19-14(20)11-3-2-4-12(17)13(11)16/h2-4,18H,5-10H2,1H3,(H,19,20). The number of ether oxygens (including phenoxy) is 1. The molecule has 0 atom stereocenters. The van der Waals surface area contributed by atoms with Crippen LogP contribution >= 0.6 is 11.6 Å². The zero-order valence-electron chi connectivity index (χ0n) is 12.0. The third kappa shape index (κ3) is 3.93. The maximum absolute atomic E-state index is 13.4. The SMILES string of the molecule is COCC1(CNC(=O)c2cccc(F)c2Cl)CCNCC1. The number of hydrogen-bond acceptors (Lipinski definition) is 3. The van der Waals surface area contributed by atoms with E-state index in [1.54, 1.807) is 7.11 Å². The lowest BCUT2D eigenvalue weighted by Crippen LogP contribution is -2.47. The third-order valence-corrected chi connectivity index (χ3v) is 4.32. The Balaban J connectivity index is 2.03. The van der Waals surface area contributed by atoms with Crippen LogP contribution in [0.5, 0.6) is 0 Å². The van der Waals surface area contributed by atoms with E-state index in [1.807, 2.05) is 0 Å². The van der Waals surface area contributed by atoms with Crippen molar-refractivity contribution in [1.82, 2.24) is 10.6 Å². The summed E-state index contributed by atoms with van der Waals surface area (Å²) in [7, 11) is 1.66. The van der Waals surface area contributed by atoms with Gasteiger partial charge in [0.25, 0.3) is 5.91 Å². The summed E-state index contributed by atoms with van der Waals surface area (Å²) in [5.74, 6) is -0.939. The zero-order chi connectivity index (χ0) is 15.3. The van der Waals surface area contributed by atoms with Gasteiger partial charge in [-0.05, 0) is 38.1 Å². The first-order chi connectivity index (χ1) is 10.1. The molecule has 0 unspecified atom stereocenters. The smallest absolute Gasteiger partial charge is 0.252 e. The fourth-order valence-corrected chi connectivity index (χ4v) is 2.89. The lowest BCUT2D eigenvalue weighted by Gasteiger charge is -2.37. The Hall–Kier alpha value is -1.17. The van der Waals surface area contributed by atoms with Gasteiger partial charge in [-0.3, -0.25) is 4.79 Å². The molecule has 0 radical (unpaired) electrons. The Morgan fingerprint density at radius 3 is 2.86 bits per heavy atom. The molecule has 2 rings (SSSR count). The van der Waals surface area contributed by atoms with Crippen LogP contribution in [0.2, 0.25) is 5.02 Å². The number of nitrogens with one attached hydrogen (secondary N) is 2. The molecule has 0 bridgehead atoms. The van der Waals surface area contributed by atoms with Gasteiger partial charge < -0.3 is 15.4 Å². The van der Waals surface area contributed by atoms with E-state index in [9.17, 15) is 9.18 Å². The van der Waals surface area contributed by atoms with Gasteiger partial charge in [0.15, 0.2) is 0 Å². The first-order valence-corrected chi connectivity index (χ1v) is 7.38. The van der Waals surface area contributed by atoms with Gasteiger partial charge in [-0.15, -0.1) is 0 Å². The maximum Gasteiger partial charge on any atom is 0.252 e. The molecule has 2 N–H and O–H groups in total. The highest BCUT2D eigenvalue weighted by Gasteiger charge is 2.32. The summed E-state index contributed by atoms with van der Waals surface area (Å²) in [6, 6.07) is 4.23. The zero-order valence-corrected chi connectivity index (χ0v) is 12.8. The minimum Gasteiger partial charge on any atom is -0.384 e. The number of methoxy groups -OCH3 is 1. The number of halogens is 2. The average Bonchev–Trinajstić information content (AvgIpc) is 2.49. The molecule has 1 aliphatic rings. The van der Waals surface area contributed by atoms with Crippen molar-refractivity contribution in [2.45, 2.75) is 12.8 Å². The van der Waals surface area contributed by atoms with Crippen molar-refractivity contribution in [2.24, 2.45) is 5.41 Å². The topological polar surface area (TPSA) is 50.4 Å². The second kappa shape index (κ2) is 7.20. The highest BCUT2D eigenvalue weighted by Crippen LogP contribution is 2.28. The number of carbonyl (C=O) groups is 1. The van der Waals surface area contributed by atoms with Crippen LogP contribution in [0, 0.1) is 11.2 Å². The molecule has 1 aromatic carbocycles. The minimum atomic E-state index is -0.585. The van der Waals surface area contributed by atoms with Crippen LogP contribution in [0.1, 0.15) is 23.2 Å². The second-order valence-corrected chi connectivity index (χ2v) is 5.85. The van der Waals surface area contributed by atoms with E-state index < -0.39 is 5.82 Å². The van der Waals surface area contributed by atoms with E-state index in [1.165, 1.54) is 18.2 Å². The summed E-state index contributed by atoms with van der Waals surface area (Å²) in [4.78, 5) is 12.2. The predicted octanol–water partition coefficient (Wildman–Crippen LogP) is 2.23. The van der Waals surface area contributed by atoms with Gasteiger partial charge in [0.1, 0.15) is 5.82 Å². The summed E-state index contributed by atoms with van der Waals surface area (Å²) < 4.78 is 18.7. The highest BCUT2D eigenvalue weighted by molar-refractivity contribution is 6.34. The summed E-state index contributed by atoms with van der Waals surface area (Å²) in [6.07, 6.45) is 1.86. The van der Waals surface area contributed by atoms with E-state index in [2.05, 4.69) is 10.6 Å². The molecule has 1 amide bonds. The van der Waals surface area contributed by atoms with Crippen molar-refractivity contribution in [3.63, 3.8) is 0 Å². The molecule has 1 fully saturated rings. The Morgan fingerprint density at radius 1 is 1.48 bits per heavy atom. The van der Waals surface area contributed by atoms with Crippen molar-refractivity contribution < 1.29 is 13.9 Å². The first kappa shape index (κ1) is 16.2. The van der Waals surface area contributed by atoms with Crippen molar-refractivity contribution >= 4 is 17.5 Å². The number of amides is 1. The molecule has 1 saturated heterocycles. The number of piperidine rings is 1. The van der Waals surface area contributed by atoms with Crippen LogP contribution in [0.15, 0.2) is 18.2 Å². The molecule has 4 nitrogen and oxygen atoms in total. The lowest BCUT2D eigenvalue weighted by molar-refractivity contribution is 0.0511. The molecule has 1 aliphatic heterocycles. The Kier molecular flexibility index (Phi) is 5.56. The average molecular weight is 315 g/mol. The van der Waals surface area contributed by atoms with E-state index >= 15 is 0 Å². The Labute approximate surface area is 129 Å². The minimum absolute atomic E-state index is 0.0739. The van der Waals surface area contributed by atoms with Crippen LogP contribution in [0.25, 0.3) is 0 Å². The molecular formula is C15H20ClFN2O2. The van der Waals surface area contributed by atoms with E-state index in [-0.39, 0.29) is 21.9 Å². The first-order valence-electron chi connectivity index (χ1n) is 7.00. The summed E-state index contributed by atoms with van der Waals surface area (Å²) in [5, 5.41) is 6.02. The molecule has 1 heterocycles. The molecule has 21 heavy (non-hydrogen) atoms. The van der Waals surface area contributed by atoms with Crippen LogP contribution in [0.3, 0.4) is 0 Å². The third-order valence-electron chi connectivity index (χ3n) is 3.93. The fraction of sp³-hybridized carbons (Fsp3) is 0.533. The largest absolute Gasteiger partial charge is 0.384 e. The lowest BCUT2D eigenvalue weighted by atomic mass is 9.79. The summed E-state index contributed by atoms with van der Waals surface area (Å²) in [6.45, 7) is 2.89. The highest BCUT2D eigenvalue weighted by atomic mass is 35.5. The van der Waals surface area contributed by atoms with Crippen LogP contribution < -0.4 is 10.6 Å².